The maximum absolute atomic E-state index is 12.1. The van der Waals surface area contributed by atoms with Crippen LogP contribution in [0.25, 0.3) is 5.57 Å². The molecule has 0 spiro atoms. The second kappa shape index (κ2) is 7.63. The van der Waals surface area contributed by atoms with Crippen molar-refractivity contribution in [3.63, 3.8) is 0 Å². The number of ether oxygens (including phenoxy) is 1. The Balaban J connectivity index is 1.66. The van der Waals surface area contributed by atoms with Crippen molar-refractivity contribution in [3.05, 3.63) is 77.5 Å². The number of alkyl carbamates (subject to hydrolysis) is 1. The van der Waals surface area contributed by atoms with E-state index in [9.17, 15) is 4.79 Å². The number of amides is 1. The van der Waals surface area contributed by atoms with Gasteiger partial charge in [-0.05, 0) is 42.4 Å². The molecule has 1 N–H and O–H groups in total. The smallest absolute Gasteiger partial charge is 0.411 e. The number of rotatable bonds is 4. The zero-order chi connectivity index (χ0) is 15.9. The fourth-order valence-corrected chi connectivity index (χ4v) is 2.88. The number of hydrogen-bond acceptors (Lipinski definition) is 2. The van der Waals surface area contributed by atoms with E-state index in [1.807, 2.05) is 48.5 Å². The van der Waals surface area contributed by atoms with Crippen LogP contribution in [0.2, 0.25) is 0 Å². The molecule has 0 saturated heterocycles. The van der Waals surface area contributed by atoms with Gasteiger partial charge in [0.25, 0.3) is 0 Å². The van der Waals surface area contributed by atoms with Gasteiger partial charge in [0.2, 0.25) is 0 Å². The van der Waals surface area contributed by atoms with E-state index >= 15 is 0 Å². The molecule has 23 heavy (non-hydrogen) atoms. The van der Waals surface area contributed by atoms with E-state index in [0.717, 1.165) is 36.9 Å². The first-order valence-electron chi connectivity index (χ1n) is 8.08. The molecule has 2 aromatic rings. The van der Waals surface area contributed by atoms with Gasteiger partial charge in [0.1, 0.15) is 6.61 Å². The van der Waals surface area contributed by atoms with Gasteiger partial charge in [-0.3, -0.25) is 5.32 Å². The topological polar surface area (TPSA) is 38.3 Å². The first kappa shape index (κ1) is 15.3. The van der Waals surface area contributed by atoms with Crippen LogP contribution in [0.1, 0.15) is 36.8 Å². The van der Waals surface area contributed by atoms with Crippen LogP contribution < -0.4 is 5.32 Å². The van der Waals surface area contributed by atoms with Gasteiger partial charge in [0.05, 0.1) is 0 Å². The van der Waals surface area contributed by atoms with E-state index in [0.29, 0.717) is 6.61 Å². The number of benzene rings is 2. The Morgan fingerprint density at radius 3 is 2.30 bits per heavy atom. The maximum atomic E-state index is 12.1. The number of nitrogens with one attached hydrogen (secondary N) is 1. The summed E-state index contributed by atoms with van der Waals surface area (Å²) in [6, 6.07) is 20.0. The highest BCUT2D eigenvalue weighted by molar-refractivity contribution is 5.76. The van der Waals surface area contributed by atoms with Gasteiger partial charge in [-0.1, -0.05) is 60.7 Å². The lowest BCUT2D eigenvalue weighted by molar-refractivity contribution is 0.142. The SMILES string of the molecule is O=C(NC1=C(c2ccccc2)CCCC1)OCc1ccccc1. The van der Waals surface area contributed by atoms with Crippen molar-refractivity contribution in [3.8, 4) is 0 Å². The van der Waals surface area contributed by atoms with Gasteiger partial charge >= 0.3 is 6.09 Å². The average molecular weight is 307 g/mol. The van der Waals surface area contributed by atoms with E-state index in [-0.39, 0.29) is 6.09 Å². The molecule has 0 radical (unpaired) electrons. The summed E-state index contributed by atoms with van der Waals surface area (Å²) < 4.78 is 5.33. The largest absolute Gasteiger partial charge is 0.444 e. The van der Waals surface area contributed by atoms with Crippen LogP contribution in [-0.2, 0) is 11.3 Å². The summed E-state index contributed by atoms with van der Waals surface area (Å²) in [5.74, 6) is 0. The fraction of sp³-hybridized carbons (Fsp3) is 0.250. The van der Waals surface area contributed by atoms with Crippen LogP contribution in [0, 0.1) is 0 Å². The predicted molar refractivity (Wildman–Crippen MR) is 91.6 cm³/mol. The minimum absolute atomic E-state index is 0.292. The van der Waals surface area contributed by atoms with Crippen molar-refractivity contribution >= 4 is 11.7 Å². The van der Waals surface area contributed by atoms with Crippen molar-refractivity contribution in [1.82, 2.24) is 5.32 Å². The summed E-state index contributed by atoms with van der Waals surface area (Å²) in [6.07, 6.45) is 3.78. The third-order valence-corrected chi connectivity index (χ3v) is 4.06. The zero-order valence-corrected chi connectivity index (χ0v) is 13.1. The molecule has 3 heteroatoms. The molecular weight excluding hydrogens is 286 g/mol. The van der Waals surface area contributed by atoms with Crippen LogP contribution >= 0.6 is 0 Å². The van der Waals surface area contributed by atoms with Crippen molar-refractivity contribution in [2.75, 3.05) is 0 Å². The Bertz CT molecular complexity index is 677. The van der Waals surface area contributed by atoms with Crippen LogP contribution in [-0.4, -0.2) is 6.09 Å². The van der Waals surface area contributed by atoms with Crippen molar-refractivity contribution in [1.29, 1.82) is 0 Å². The minimum atomic E-state index is -0.376. The van der Waals surface area contributed by atoms with Crippen LogP contribution in [0.15, 0.2) is 66.4 Å². The average Bonchev–Trinajstić information content (AvgIpc) is 2.62. The monoisotopic (exact) mass is 307 g/mol. The van der Waals surface area contributed by atoms with Gasteiger partial charge in [-0.25, -0.2) is 4.79 Å². The fourth-order valence-electron chi connectivity index (χ4n) is 2.88. The first-order valence-corrected chi connectivity index (χ1v) is 8.08. The second-order valence-corrected chi connectivity index (χ2v) is 5.72. The Morgan fingerprint density at radius 2 is 1.57 bits per heavy atom. The molecule has 0 bridgehead atoms. The third-order valence-electron chi connectivity index (χ3n) is 4.06. The Labute approximate surface area is 137 Å². The van der Waals surface area contributed by atoms with E-state index in [1.54, 1.807) is 0 Å². The van der Waals surface area contributed by atoms with E-state index in [1.165, 1.54) is 11.1 Å². The minimum Gasteiger partial charge on any atom is -0.444 e. The van der Waals surface area contributed by atoms with E-state index in [2.05, 4.69) is 17.4 Å². The molecule has 118 valence electrons. The third kappa shape index (κ3) is 4.22. The molecule has 1 amide bonds. The molecule has 0 aliphatic heterocycles. The van der Waals surface area contributed by atoms with E-state index < -0.39 is 0 Å². The quantitative estimate of drug-likeness (QED) is 0.872. The molecule has 0 fully saturated rings. The lowest BCUT2D eigenvalue weighted by Crippen LogP contribution is -2.25. The van der Waals surface area contributed by atoms with Gasteiger partial charge in [0, 0.05) is 5.70 Å². The summed E-state index contributed by atoms with van der Waals surface area (Å²) in [5, 5.41) is 2.96. The van der Waals surface area contributed by atoms with Crippen molar-refractivity contribution in [2.45, 2.75) is 32.3 Å². The highest BCUT2D eigenvalue weighted by Crippen LogP contribution is 2.30. The van der Waals surface area contributed by atoms with Gasteiger partial charge in [-0.2, -0.15) is 0 Å². The van der Waals surface area contributed by atoms with Crippen LogP contribution in [0.4, 0.5) is 4.79 Å². The Hall–Kier alpha value is -2.55. The molecule has 1 aliphatic carbocycles. The summed E-state index contributed by atoms with van der Waals surface area (Å²) in [6.45, 7) is 0.292. The predicted octanol–water partition coefficient (Wildman–Crippen LogP) is 4.90. The number of carbonyl (C=O) groups is 1. The van der Waals surface area contributed by atoms with Gasteiger partial charge in [0.15, 0.2) is 0 Å². The molecule has 3 rings (SSSR count). The van der Waals surface area contributed by atoms with Crippen LogP contribution in [0.3, 0.4) is 0 Å². The Kier molecular flexibility index (Phi) is 5.09. The van der Waals surface area contributed by atoms with Gasteiger partial charge < -0.3 is 4.74 Å². The first-order chi connectivity index (χ1) is 11.3. The molecular formula is C20H21NO2. The summed E-state index contributed by atoms with van der Waals surface area (Å²) in [7, 11) is 0. The number of allylic oxidation sites excluding steroid dienone is 2. The Morgan fingerprint density at radius 1 is 0.913 bits per heavy atom. The lowest BCUT2D eigenvalue weighted by Gasteiger charge is -2.21. The standard InChI is InChI=1S/C20H21NO2/c22-20(23-15-16-9-3-1-4-10-16)21-19-14-8-7-13-18(19)17-11-5-2-6-12-17/h1-6,9-12H,7-8,13-15H2,(H,21,22). The summed E-state index contributed by atoms with van der Waals surface area (Å²) in [4.78, 5) is 12.1. The lowest BCUT2D eigenvalue weighted by atomic mass is 9.91. The molecule has 1 aliphatic rings. The molecule has 3 nitrogen and oxygen atoms in total. The molecule has 0 heterocycles. The highest BCUT2D eigenvalue weighted by Gasteiger charge is 2.16. The van der Waals surface area contributed by atoms with Crippen LogP contribution in [0.5, 0.6) is 0 Å². The number of carbonyl (C=O) groups excluding carboxylic acids is 1. The van der Waals surface area contributed by atoms with Gasteiger partial charge in [-0.15, -0.1) is 0 Å². The van der Waals surface area contributed by atoms with Crippen molar-refractivity contribution < 1.29 is 9.53 Å². The highest BCUT2D eigenvalue weighted by atomic mass is 16.5. The molecule has 0 aromatic heterocycles. The summed E-state index contributed by atoms with van der Waals surface area (Å²) in [5.41, 5.74) is 4.41. The zero-order valence-electron chi connectivity index (χ0n) is 13.1. The molecule has 0 atom stereocenters. The molecule has 0 unspecified atom stereocenters. The molecule has 2 aromatic carbocycles. The molecule has 0 saturated carbocycles. The van der Waals surface area contributed by atoms with E-state index in [4.69, 9.17) is 4.74 Å². The second-order valence-electron chi connectivity index (χ2n) is 5.72. The maximum Gasteiger partial charge on any atom is 0.411 e. The normalized spacial score (nSPS) is 14.4. The van der Waals surface area contributed by atoms with Crippen molar-refractivity contribution in [2.24, 2.45) is 0 Å². The number of hydrogen-bond donors (Lipinski definition) is 1. The summed E-state index contributed by atoms with van der Waals surface area (Å²) >= 11 is 0.